The number of rotatable bonds is 8. The second-order valence-electron chi connectivity index (χ2n) is 8.79. The average molecular weight is 464 g/mol. The number of halogens is 1. The van der Waals surface area contributed by atoms with Crippen LogP contribution in [0.2, 0.25) is 0 Å². The van der Waals surface area contributed by atoms with Gasteiger partial charge in [-0.1, -0.05) is 51.7 Å². The van der Waals surface area contributed by atoms with Crippen LogP contribution >= 0.6 is 0 Å². The minimum absolute atomic E-state index is 0.00988. The molecule has 0 amide bonds. The van der Waals surface area contributed by atoms with E-state index in [1.54, 1.807) is 6.07 Å². The molecule has 0 aliphatic carbocycles. The van der Waals surface area contributed by atoms with E-state index in [1.807, 2.05) is 13.8 Å². The Morgan fingerprint density at radius 2 is 1.78 bits per heavy atom. The monoisotopic (exact) mass is 463 g/mol. The van der Waals surface area contributed by atoms with Crippen molar-refractivity contribution in [3.05, 3.63) is 69.5 Å². The standard InChI is InChI=1S/C24H30FNO5S/c1-3-5-12-24(13-6-4-2)16-32(30,31)21-11-10-18(25)15-20(21)22(23(24)27)17-8-7-9-19(14-17)26(28)29/h7-11,14-15,22-23,27H,3-6,12-13,16H2,1-2H3/t22-,23-/m1/s1. The van der Waals surface area contributed by atoms with Gasteiger partial charge in [0.25, 0.3) is 5.69 Å². The predicted molar refractivity (Wildman–Crippen MR) is 121 cm³/mol. The largest absolute Gasteiger partial charge is 0.392 e. The summed E-state index contributed by atoms with van der Waals surface area (Å²) in [5, 5.41) is 23.2. The van der Waals surface area contributed by atoms with Crippen molar-refractivity contribution in [2.24, 2.45) is 5.41 Å². The molecule has 0 spiro atoms. The molecule has 32 heavy (non-hydrogen) atoms. The summed E-state index contributed by atoms with van der Waals surface area (Å²) < 4.78 is 41.3. The molecule has 1 heterocycles. The van der Waals surface area contributed by atoms with E-state index in [-0.39, 0.29) is 21.9 Å². The van der Waals surface area contributed by atoms with Crippen LogP contribution in [0.3, 0.4) is 0 Å². The van der Waals surface area contributed by atoms with Crippen LogP contribution in [0.5, 0.6) is 0 Å². The van der Waals surface area contributed by atoms with Gasteiger partial charge in [-0.2, -0.15) is 0 Å². The van der Waals surface area contributed by atoms with Crippen LogP contribution in [0.4, 0.5) is 10.1 Å². The summed E-state index contributed by atoms with van der Waals surface area (Å²) in [6.07, 6.45) is 3.02. The highest BCUT2D eigenvalue weighted by molar-refractivity contribution is 7.91. The van der Waals surface area contributed by atoms with Gasteiger partial charge in [0.2, 0.25) is 0 Å². The molecule has 174 valence electrons. The van der Waals surface area contributed by atoms with Crippen LogP contribution in [0.15, 0.2) is 47.4 Å². The second kappa shape index (κ2) is 9.67. The molecule has 0 bridgehead atoms. The van der Waals surface area contributed by atoms with E-state index in [0.717, 1.165) is 37.8 Å². The van der Waals surface area contributed by atoms with E-state index in [2.05, 4.69) is 0 Å². The fraction of sp³-hybridized carbons (Fsp3) is 0.500. The Hall–Kier alpha value is -2.32. The van der Waals surface area contributed by atoms with Crippen molar-refractivity contribution >= 4 is 15.5 Å². The van der Waals surface area contributed by atoms with E-state index in [0.29, 0.717) is 18.4 Å². The molecule has 3 rings (SSSR count). The summed E-state index contributed by atoms with van der Waals surface area (Å²) in [6.45, 7) is 4.01. The first kappa shape index (κ1) is 24.3. The van der Waals surface area contributed by atoms with E-state index >= 15 is 0 Å². The number of fused-ring (bicyclic) bond motifs is 1. The molecule has 1 aliphatic heterocycles. The molecule has 0 saturated heterocycles. The third-order valence-electron chi connectivity index (χ3n) is 6.56. The number of unbranched alkanes of at least 4 members (excludes halogenated alkanes) is 2. The van der Waals surface area contributed by atoms with Crippen LogP contribution in [0.1, 0.15) is 69.4 Å². The summed E-state index contributed by atoms with van der Waals surface area (Å²) in [5.74, 6) is -1.74. The molecular formula is C24H30FNO5S. The van der Waals surface area contributed by atoms with Crippen LogP contribution in [-0.2, 0) is 9.84 Å². The van der Waals surface area contributed by atoms with Gasteiger partial charge in [-0.05, 0) is 42.2 Å². The SMILES string of the molecule is CCCCC1(CCCC)CS(=O)(=O)c2ccc(F)cc2[C@@H](c2cccc([N+](=O)[O-])c2)[C@H]1O. The zero-order valence-corrected chi connectivity index (χ0v) is 19.3. The lowest BCUT2D eigenvalue weighted by Gasteiger charge is -2.40. The second-order valence-corrected chi connectivity index (χ2v) is 10.7. The van der Waals surface area contributed by atoms with Crippen molar-refractivity contribution in [1.29, 1.82) is 0 Å². The van der Waals surface area contributed by atoms with Gasteiger partial charge in [0.1, 0.15) is 5.82 Å². The molecule has 0 unspecified atom stereocenters. The maximum absolute atomic E-state index is 14.3. The van der Waals surface area contributed by atoms with Crippen molar-refractivity contribution in [3.8, 4) is 0 Å². The maximum Gasteiger partial charge on any atom is 0.269 e. The van der Waals surface area contributed by atoms with E-state index in [4.69, 9.17) is 0 Å². The van der Waals surface area contributed by atoms with Gasteiger partial charge in [-0.15, -0.1) is 0 Å². The summed E-state index contributed by atoms with van der Waals surface area (Å²) in [6, 6.07) is 9.36. The molecule has 0 fully saturated rings. The smallest absolute Gasteiger partial charge is 0.269 e. The van der Waals surface area contributed by atoms with Crippen molar-refractivity contribution in [1.82, 2.24) is 0 Å². The van der Waals surface area contributed by atoms with Gasteiger partial charge < -0.3 is 5.11 Å². The minimum Gasteiger partial charge on any atom is -0.392 e. The predicted octanol–water partition coefficient (Wildman–Crippen LogP) is 5.38. The Morgan fingerprint density at radius 3 is 2.38 bits per heavy atom. The van der Waals surface area contributed by atoms with Gasteiger partial charge in [-0.25, -0.2) is 12.8 Å². The molecule has 0 saturated carbocycles. The van der Waals surface area contributed by atoms with Crippen molar-refractivity contribution in [2.45, 2.75) is 69.3 Å². The van der Waals surface area contributed by atoms with Crippen LogP contribution in [0, 0.1) is 21.3 Å². The van der Waals surface area contributed by atoms with Crippen molar-refractivity contribution in [2.75, 3.05) is 5.75 Å². The van der Waals surface area contributed by atoms with Crippen LogP contribution < -0.4 is 0 Å². The van der Waals surface area contributed by atoms with Crippen LogP contribution in [-0.4, -0.2) is 30.3 Å². The van der Waals surface area contributed by atoms with Gasteiger partial charge in [0.15, 0.2) is 9.84 Å². The first-order chi connectivity index (χ1) is 15.1. The number of non-ortho nitro benzene ring substituents is 1. The third kappa shape index (κ3) is 4.71. The quantitative estimate of drug-likeness (QED) is 0.322. The zero-order chi connectivity index (χ0) is 23.5. The lowest BCUT2D eigenvalue weighted by molar-refractivity contribution is -0.384. The number of aliphatic hydroxyl groups excluding tert-OH is 1. The highest BCUT2D eigenvalue weighted by atomic mass is 32.2. The van der Waals surface area contributed by atoms with E-state index in [9.17, 15) is 28.0 Å². The Morgan fingerprint density at radius 1 is 1.12 bits per heavy atom. The lowest BCUT2D eigenvalue weighted by atomic mass is 9.68. The van der Waals surface area contributed by atoms with Gasteiger partial charge in [0, 0.05) is 23.5 Å². The highest BCUT2D eigenvalue weighted by Crippen LogP contribution is 2.49. The number of aliphatic hydroxyl groups is 1. The number of hydrogen-bond acceptors (Lipinski definition) is 5. The third-order valence-corrected chi connectivity index (χ3v) is 8.56. The normalized spacial score (nSPS) is 21.5. The van der Waals surface area contributed by atoms with E-state index < -0.39 is 38.0 Å². The molecule has 8 heteroatoms. The summed E-state index contributed by atoms with van der Waals surface area (Å²) in [4.78, 5) is 10.8. The molecule has 2 aromatic rings. The maximum atomic E-state index is 14.3. The van der Waals surface area contributed by atoms with Gasteiger partial charge in [0.05, 0.1) is 21.7 Å². The number of nitro benzene ring substituents is 1. The molecule has 1 aliphatic rings. The topological polar surface area (TPSA) is 97.5 Å². The molecule has 2 aromatic carbocycles. The van der Waals surface area contributed by atoms with Crippen molar-refractivity contribution in [3.63, 3.8) is 0 Å². The molecule has 6 nitrogen and oxygen atoms in total. The number of sulfone groups is 1. The molecular weight excluding hydrogens is 433 g/mol. The molecule has 2 atom stereocenters. The first-order valence-corrected chi connectivity index (χ1v) is 12.7. The highest BCUT2D eigenvalue weighted by Gasteiger charge is 2.49. The summed E-state index contributed by atoms with van der Waals surface area (Å²) >= 11 is 0. The number of nitrogens with zero attached hydrogens (tertiary/aromatic N) is 1. The Bertz CT molecular complexity index is 1080. The van der Waals surface area contributed by atoms with Gasteiger partial charge >= 0.3 is 0 Å². The van der Waals surface area contributed by atoms with E-state index in [1.165, 1.54) is 24.3 Å². The van der Waals surface area contributed by atoms with Crippen molar-refractivity contribution < 1.29 is 22.8 Å². The summed E-state index contributed by atoms with van der Waals surface area (Å²) in [7, 11) is -3.82. The molecule has 0 radical (unpaired) electrons. The fourth-order valence-corrected chi connectivity index (χ4v) is 7.12. The summed E-state index contributed by atoms with van der Waals surface area (Å²) in [5.41, 5.74) is -0.524. The zero-order valence-electron chi connectivity index (χ0n) is 18.5. The number of benzene rings is 2. The van der Waals surface area contributed by atoms with Crippen LogP contribution in [0.25, 0.3) is 0 Å². The lowest BCUT2D eigenvalue weighted by Crippen LogP contribution is -2.43. The van der Waals surface area contributed by atoms with Gasteiger partial charge in [-0.3, -0.25) is 10.1 Å². The molecule has 1 N–H and O–H groups in total. The Kier molecular flexibility index (Phi) is 7.35. The molecule has 0 aromatic heterocycles. The minimum atomic E-state index is -3.82. The first-order valence-electron chi connectivity index (χ1n) is 11.1. The Labute approximate surface area is 188 Å². The average Bonchev–Trinajstić information content (AvgIpc) is 2.82. The number of hydrogen-bond donors (Lipinski definition) is 1. The fourth-order valence-electron chi connectivity index (χ4n) is 4.93. The number of nitro groups is 1. The Balaban J connectivity index is 2.30.